The summed E-state index contributed by atoms with van der Waals surface area (Å²) in [7, 11) is 3.18. The van der Waals surface area contributed by atoms with E-state index in [0.29, 0.717) is 43.0 Å². The van der Waals surface area contributed by atoms with Crippen molar-refractivity contribution in [2.75, 3.05) is 27.3 Å². The number of amides is 1. The predicted molar refractivity (Wildman–Crippen MR) is 113 cm³/mol. The second kappa shape index (κ2) is 9.18. The zero-order valence-corrected chi connectivity index (χ0v) is 18.0. The number of hydrogen-bond donors (Lipinski definition) is 2. The third-order valence-electron chi connectivity index (χ3n) is 5.00. The van der Waals surface area contributed by atoms with Crippen LogP contribution in [0, 0.1) is 0 Å². The quantitative estimate of drug-likeness (QED) is 0.665. The smallest absolute Gasteiger partial charge is 0.360 e. The van der Waals surface area contributed by atoms with E-state index >= 15 is 0 Å². The Balaban J connectivity index is 1.72. The minimum atomic E-state index is -3.74. The Bertz CT molecular complexity index is 925. The molecular weight excluding hydrogens is 415 g/mol. The molecule has 1 amide bonds. The van der Waals surface area contributed by atoms with Crippen LogP contribution >= 0.6 is 18.1 Å². The molecule has 0 radical (unpaired) electrons. The summed E-state index contributed by atoms with van der Waals surface area (Å²) in [5, 5.41) is 3.00. The van der Waals surface area contributed by atoms with E-state index in [4.69, 9.17) is 20.7 Å². The summed E-state index contributed by atoms with van der Waals surface area (Å²) in [6, 6.07) is 12.8. The molecule has 1 aliphatic rings. The molecule has 0 saturated carbocycles. The van der Waals surface area contributed by atoms with Crippen molar-refractivity contribution in [3.8, 4) is 22.6 Å². The standard InChI is InChI=1S/C20H24ClN2O5P/c1-27-17-6-7-18(19(13-17)28-2)14-4-3-5-15(12-14)20(24)22-16-8-10-23(11-9-16)29(21,25)26/h3-7,12-13,16H,8-11H2,1-2H3,(H,22,24)(H,25,26). The Morgan fingerprint density at radius 1 is 1.17 bits per heavy atom. The van der Waals surface area contributed by atoms with Crippen LogP contribution in [-0.4, -0.2) is 48.8 Å². The van der Waals surface area contributed by atoms with Crippen molar-refractivity contribution in [2.45, 2.75) is 18.9 Å². The molecule has 0 aliphatic carbocycles. The number of methoxy groups -OCH3 is 2. The van der Waals surface area contributed by atoms with Crippen LogP contribution in [0.25, 0.3) is 11.1 Å². The van der Waals surface area contributed by atoms with Crippen LogP contribution in [0.4, 0.5) is 0 Å². The number of carbonyl (C=O) groups excluding carboxylic acids is 1. The summed E-state index contributed by atoms with van der Waals surface area (Å²) < 4.78 is 23.6. The van der Waals surface area contributed by atoms with Crippen molar-refractivity contribution in [3.63, 3.8) is 0 Å². The number of piperidine rings is 1. The first-order chi connectivity index (χ1) is 13.8. The Morgan fingerprint density at radius 2 is 1.90 bits per heavy atom. The van der Waals surface area contributed by atoms with Crippen molar-refractivity contribution >= 4 is 24.0 Å². The number of halogens is 1. The van der Waals surface area contributed by atoms with Crippen LogP contribution in [0.15, 0.2) is 42.5 Å². The molecule has 156 valence electrons. The van der Waals surface area contributed by atoms with E-state index in [1.54, 1.807) is 26.4 Å². The Morgan fingerprint density at radius 3 is 2.52 bits per heavy atom. The maximum atomic E-state index is 12.7. The molecule has 2 aromatic rings. The summed E-state index contributed by atoms with van der Waals surface area (Å²) in [4.78, 5) is 22.2. The first kappa shape index (κ1) is 21.7. The molecule has 0 spiro atoms. The highest BCUT2D eigenvalue weighted by Gasteiger charge is 2.30. The summed E-state index contributed by atoms with van der Waals surface area (Å²) >= 11 is 5.51. The fraction of sp³-hybridized carbons (Fsp3) is 0.350. The summed E-state index contributed by atoms with van der Waals surface area (Å²) in [6.07, 6.45) is 1.13. The van der Waals surface area contributed by atoms with Crippen LogP contribution < -0.4 is 14.8 Å². The Hall–Kier alpha value is -2.05. The number of hydrogen-bond acceptors (Lipinski definition) is 4. The van der Waals surface area contributed by atoms with Crippen LogP contribution in [0.1, 0.15) is 23.2 Å². The average Bonchev–Trinajstić information content (AvgIpc) is 2.73. The minimum absolute atomic E-state index is 0.0684. The van der Waals surface area contributed by atoms with Crippen molar-refractivity contribution < 1.29 is 23.7 Å². The number of ether oxygens (including phenoxy) is 2. The summed E-state index contributed by atoms with van der Waals surface area (Å²) in [6.45, 7) is -3.01. The lowest BCUT2D eigenvalue weighted by Crippen LogP contribution is -2.43. The molecule has 2 aromatic carbocycles. The van der Waals surface area contributed by atoms with Gasteiger partial charge in [0.15, 0.2) is 0 Å². The number of nitrogens with zero attached hydrogens (tertiary/aromatic N) is 1. The fourth-order valence-corrected chi connectivity index (χ4v) is 4.57. The van der Waals surface area contributed by atoms with Gasteiger partial charge < -0.3 is 19.7 Å². The molecule has 1 fully saturated rings. The van der Waals surface area contributed by atoms with Gasteiger partial charge >= 0.3 is 6.87 Å². The molecular formula is C20H24ClN2O5P. The molecule has 0 bridgehead atoms. The van der Waals surface area contributed by atoms with Gasteiger partial charge in [0.1, 0.15) is 11.5 Å². The molecule has 2 N–H and O–H groups in total. The average molecular weight is 439 g/mol. The van der Waals surface area contributed by atoms with Gasteiger partial charge in [0, 0.05) is 36.3 Å². The summed E-state index contributed by atoms with van der Waals surface area (Å²) in [5.41, 5.74) is 2.25. The van der Waals surface area contributed by atoms with Gasteiger partial charge in [-0.05, 0) is 53.9 Å². The van der Waals surface area contributed by atoms with Gasteiger partial charge in [-0.1, -0.05) is 12.1 Å². The SMILES string of the molecule is COc1ccc(-c2cccc(C(=O)NC3CCN(P(=O)(O)Cl)CC3)c2)c(OC)c1. The van der Waals surface area contributed by atoms with Gasteiger partial charge in [0.25, 0.3) is 5.91 Å². The lowest BCUT2D eigenvalue weighted by Gasteiger charge is -2.32. The molecule has 1 atom stereocenters. The Labute approximate surface area is 174 Å². The van der Waals surface area contributed by atoms with E-state index in [2.05, 4.69) is 5.32 Å². The van der Waals surface area contributed by atoms with Gasteiger partial charge in [-0.3, -0.25) is 9.36 Å². The van der Waals surface area contributed by atoms with Gasteiger partial charge in [-0.25, -0.2) is 4.67 Å². The monoisotopic (exact) mass is 438 g/mol. The minimum Gasteiger partial charge on any atom is -0.497 e. The van der Waals surface area contributed by atoms with Crippen molar-refractivity contribution in [1.29, 1.82) is 0 Å². The van der Waals surface area contributed by atoms with Crippen LogP contribution in [0.5, 0.6) is 11.5 Å². The van der Waals surface area contributed by atoms with Crippen molar-refractivity contribution in [1.82, 2.24) is 9.99 Å². The summed E-state index contributed by atoms with van der Waals surface area (Å²) in [5.74, 6) is 1.16. The lowest BCUT2D eigenvalue weighted by molar-refractivity contribution is 0.0923. The third kappa shape index (κ3) is 5.31. The van der Waals surface area contributed by atoms with Crippen molar-refractivity contribution in [2.24, 2.45) is 0 Å². The van der Waals surface area contributed by atoms with Gasteiger partial charge in [-0.2, -0.15) is 0 Å². The highest BCUT2D eigenvalue weighted by atomic mass is 35.7. The van der Waals surface area contributed by atoms with E-state index in [1.165, 1.54) is 4.67 Å². The largest absolute Gasteiger partial charge is 0.497 e. The number of rotatable bonds is 6. The molecule has 1 unspecified atom stereocenters. The van der Waals surface area contributed by atoms with Crippen LogP contribution in [0.3, 0.4) is 0 Å². The van der Waals surface area contributed by atoms with Crippen LogP contribution in [-0.2, 0) is 4.57 Å². The fourth-order valence-electron chi connectivity index (χ4n) is 3.39. The second-order valence-electron chi connectivity index (χ2n) is 6.82. The molecule has 29 heavy (non-hydrogen) atoms. The first-order valence-corrected chi connectivity index (χ1v) is 11.7. The maximum absolute atomic E-state index is 12.7. The molecule has 1 aliphatic heterocycles. The van der Waals surface area contributed by atoms with Gasteiger partial charge in [0.05, 0.1) is 14.2 Å². The lowest BCUT2D eigenvalue weighted by atomic mass is 10.0. The first-order valence-electron chi connectivity index (χ1n) is 9.23. The number of carbonyl (C=O) groups is 1. The number of benzene rings is 2. The third-order valence-corrected chi connectivity index (χ3v) is 6.74. The normalized spacial score (nSPS) is 17.4. The number of nitrogens with one attached hydrogen (secondary N) is 1. The highest BCUT2D eigenvalue weighted by molar-refractivity contribution is 7.82. The molecule has 7 nitrogen and oxygen atoms in total. The molecule has 0 aromatic heterocycles. The highest BCUT2D eigenvalue weighted by Crippen LogP contribution is 2.51. The van der Waals surface area contributed by atoms with Gasteiger partial charge in [0.2, 0.25) is 0 Å². The molecule has 9 heteroatoms. The van der Waals surface area contributed by atoms with Crippen LogP contribution in [0.2, 0.25) is 0 Å². The Kier molecular flexibility index (Phi) is 6.85. The van der Waals surface area contributed by atoms with E-state index in [1.807, 2.05) is 30.3 Å². The van der Waals surface area contributed by atoms with E-state index in [-0.39, 0.29) is 11.9 Å². The molecule has 3 rings (SSSR count). The van der Waals surface area contributed by atoms with E-state index in [9.17, 15) is 14.3 Å². The zero-order valence-electron chi connectivity index (χ0n) is 16.3. The predicted octanol–water partition coefficient (Wildman–Crippen LogP) is 3.90. The second-order valence-corrected chi connectivity index (χ2v) is 9.65. The zero-order chi connectivity index (χ0) is 21.0. The topological polar surface area (TPSA) is 88.1 Å². The maximum Gasteiger partial charge on any atom is 0.360 e. The van der Waals surface area contributed by atoms with E-state index < -0.39 is 6.87 Å². The van der Waals surface area contributed by atoms with Gasteiger partial charge in [-0.15, -0.1) is 0 Å². The molecule has 1 heterocycles. The van der Waals surface area contributed by atoms with Crippen molar-refractivity contribution in [3.05, 3.63) is 48.0 Å². The van der Waals surface area contributed by atoms with E-state index in [0.717, 1.165) is 11.1 Å². The molecule has 1 saturated heterocycles.